The Morgan fingerprint density at radius 1 is 1.33 bits per heavy atom. The predicted molar refractivity (Wildman–Crippen MR) is 115 cm³/mol. The fourth-order valence-electron chi connectivity index (χ4n) is 3.09. The third-order valence-corrected chi connectivity index (χ3v) is 6.03. The molecule has 27 heavy (non-hydrogen) atoms. The third-order valence-electron chi connectivity index (χ3n) is 4.62. The van der Waals surface area contributed by atoms with Crippen molar-refractivity contribution in [2.75, 3.05) is 0 Å². The first-order chi connectivity index (χ1) is 13.2. The van der Waals surface area contributed by atoms with Crippen molar-refractivity contribution < 1.29 is 4.79 Å². The molecule has 0 saturated heterocycles. The highest BCUT2D eigenvalue weighted by molar-refractivity contribution is 9.10. The van der Waals surface area contributed by atoms with Crippen LogP contribution in [-0.2, 0) is 0 Å². The molecule has 1 aliphatic rings. The van der Waals surface area contributed by atoms with Gasteiger partial charge in [0.25, 0.3) is 5.91 Å². The van der Waals surface area contributed by atoms with E-state index in [1.54, 1.807) is 11.3 Å². The van der Waals surface area contributed by atoms with Crippen LogP contribution in [0.3, 0.4) is 0 Å². The summed E-state index contributed by atoms with van der Waals surface area (Å²) in [7, 11) is 0. The van der Waals surface area contributed by atoms with Crippen molar-refractivity contribution in [1.82, 2.24) is 10.4 Å². The molecule has 0 radical (unpaired) electrons. The number of aromatic nitrogens is 1. The number of halogens is 1. The number of pyridine rings is 1. The topological polar surface area (TPSA) is 54.4 Å². The summed E-state index contributed by atoms with van der Waals surface area (Å²) >= 11 is 5.14. The molecule has 0 atom stereocenters. The number of hydrogen-bond acceptors (Lipinski definition) is 4. The summed E-state index contributed by atoms with van der Waals surface area (Å²) in [5.41, 5.74) is 6.19. The number of hydrazone groups is 1. The van der Waals surface area contributed by atoms with Crippen LogP contribution in [0.4, 0.5) is 0 Å². The van der Waals surface area contributed by atoms with Gasteiger partial charge >= 0.3 is 0 Å². The van der Waals surface area contributed by atoms with Gasteiger partial charge in [-0.05, 0) is 55.0 Å². The minimum atomic E-state index is -0.187. The van der Waals surface area contributed by atoms with Gasteiger partial charge in [0.15, 0.2) is 0 Å². The van der Waals surface area contributed by atoms with Crippen LogP contribution in [0.2, 0.25) is 0 Å². The summed E-state index contributed by atoms with van der Waals surface area (Å²) < 4.78 is 0.929. The van der Waals surface area contributed by atoms with Gasteiger partial charge in [0.2, 0.25) is 0 Å². The molecule has 0 unspecified atom stereocenters. The first kappa shape index (κ1) is 18.3. The highest BCUT2D eigenvalue weighted by Gasteiger charge is 2.27. The fraction of sp³-hybridized carbons (Fsp3) is 0.286. The zero-order valence-electron chi connectivity index (χ0n) is 15.0. The minimum absolute atomic E-state index is 0.187. The van der Waals surface area contributed by atoms with Crippen LogP contribution >= 0.6 is 27.3 Å². The van der Waals surface area contributed by atoms with Crippen LogP contribution < -0.4 is 5.43 Å². The average Bonchev–Trinajstić information content (AvgIpc) is 3.38. The van der Waals surface area contributed by atoms with Crippen molar-refractivity contribution in [2.45, 2.75) is 38.5 Å². The highest BCUT2D eigenvalue weighted by atomic mass is 79.9. The largest absolute Gasteiger partial charge is 0.272 e. The molecule has 138 valence electrons. The maximum absolute atomic E-state index is 13.0. The van der Waals surface area contributed by atoms with E-state index in [0.717, 1.165) is 57.3 Å². The minimum Gasteiger partial charge on any atom is -0.267 e. The first-order valence-electron chi connectivity index (χ1n) is 9.16. The van der Waals surface area contributed by atoms with Crippen LogP contribution in [0.1, 0.15) is 59.5 Å². The molecule has 1 aliphatic carbocycles. The molecule has 1 aromatic carbocycles. The van der Waals surface area contributed by atoms with Gasteiger partial charge in [0.1, 0.15) is 0 Å². The van der Waals surface area contributed by atoms with Gasteiger partial charge in [-0.15, -0.1) is 11.3 Å². The highest BCUT2D eigenvalue weighted by Crippen LogP contribution is 2.40. The van der Waals surface area contributed by atoms with Gasteiger partial charge in [-0.3, -0.25) is 9.78 Å². The summed E-state index contributed by atoms with van der Waals surface area (Å²) in [4.78, 5) is 18.8. The molecule has 2 aromatic heterocycles. The molecule has 4 rings (SSSR count). The van der Waals surface area contributed by atoms with E-state index >= 15 is 0 Å². The second-order valence-corrected chi connectivity index (χ2v) is 8.62. The first-order valence-corrected chi connectivity index (χ1v) is 10.8. The Kier molecular flexibility index (Phi) is 5.36. The SMILES string of the molecule is CCC/C(=N\NC(=O)c1cc(C2CC2)nc2ccc(Br)cc12)c1cccs1. The Balaban J connectivity index is 1.69. The fourth-order valence-corrected chi connectivity index (χ4v) is 4.19. The van der Waals surface area contributed by atoms with E-state index in [4.69, 9.17) is 4.98 Å². The number of nitrogens with zero attached hydrogens (tertiary/aromatic N) is 2. The number of carbonyl (C=O) groups excluding carboxylic acids is 1. The van der Waals surface area contributed by atoms with Crippen molar-refractivity contribution in [2.24, 2.45) is 5.10 Å². The number of fused-ring (bicyclic) bond motifs is 1. The standard InChI is InChI=1S/C21H20BrN3OS/c1-2-4-18(20-5-3-10-27-20)24-25-21(26)16-12-19(13-6-7-13)23-17-9-8-14(22)11-15(16)17/h3,5,8-13H,2,4,6-7H2,1H3,(H,25,26)/b24-18+. The van der Waals surface area contributed by atoms with Gasteiger partial charge in [0, 0.05) is 21.5 Å². The lowest BCUT2D eigenvalue weighted by molar-refractivity contribution is 0.0956. The normalized spacial score (nSPS) is 14.5. The maximum atomic E-state index is 13.0. The summed E-state index contributed by atoms with van der Waals surface area (Å²) in [6.45, 7) is 2.11. The lowest BCUT2D eigenvalue weighted by atomic mass is 10.1. The van der Waals surface area contributed by atoms with Crippen molar-refractivity contribution in [3.63, 3.8) is 0 Å². The predicted octanol–water partition coefficient (Wildman–Crippen LogP) is 5.87. The van der Waals surface area contributed by atoms with E-state index in [1.165, 1.54) is 0 Å². The molecule has 0 bridgehead atoms. The molecule has 1 amide bonds. The Labute approximate surface area is 170 Å². The van der Waals surface area contributed by atoms with Crippen LogP contribution in [0.15, 0.2) is 51.4 Å². The maximum Gasteiger partial charge on any atom is 0.272 e. The van der Waals surface area contributed by atoms with E-state index in [9.17, 15) is 4.79 Å². The zero-order chi connectivity index (χ0) is 18.8. The molecule has 4 nitrogen and oxygen atoms in total. The van der Waals surface area contributed by atoms with Gasteiger partial charge in [-0.1, -0.05) is 35.3 Å². The number of rotatable bonds is 6. The molecule has 0 aliphatic heterocycles. The summed E-state index contributed by atoms with van der Waals surface area (Å²) in [6.07, 6.45) is 4.10. The number of benzene rings is 1. The quantitative estimate of drug-likeness (QED) is 0.384. The monoisotopic (exact) mass is 441 g/mol. The molecular formula is C21H20BrN3OS. The molecular weight excluding hydrogens is 422 g/mol. The number of amides is 1. The summed E-state index contributed by atoms with van der Waals surface area (Å²) in [6, 6.07) is 11.8. The van der Waals surface area contributed by atoms with E-state index in [-0.39, 0.29) is 5.91 Å². The summed E-state index contributed by atoms with van der Waals surface area (Å²) in [5.74, 6) is 0.294. The molecule has 1 saturated carbocycles. The number of hydrogen-bond donors (Lipinski definition) is 1. The van der Waals surface area contributed by atoms with E-state index in [0.29, 0.717) is 11.5 Å². The number of carbonyl (C=O) groups is 1. The van der Waals surface area contributed by atoms with Gasteiger partial charge < -0.3 is 0 Å². The lowest BCUT2D eigenvalue weighted by Gasteiger charge is -2.10. The molecule has 1 fully saturated rings. The Bertz CT molecular complexity index is 1010. The van der Waals surface area contributed by atoms with Crippen LogP contribution in [0.25, 0.3) is 10.9 Å². The van der Waals surface area contributed by atoms with E-state index in [2.05, 4.69) is 33.4 Å². The van der Waals surface area contributed by atoms with Gasteiger partial charge in [0.05, 0.1) is 21.7 Å². The summed E-state index contributed by atoms with van der Waals surface area (Å²) in [5, 5.41) is 7.32. The average molecular weight is 442 g/mol. The second kappa shape index (κ2) is 7.90. The van der Waals surface area contributed by atoms with E-state index < -0.39 is 0 Å². The number of nitrogens with one attached hydrogen (secondary N) is 1. The van der Waals surface area contributed by atoms with Crippen molar-refractivity contribution >= 4 is 49.8 Å². The molecule has 0 spiro atoms. The smallest absolute Gasteiger partial charge is 0.267 e. The third kappa shape index (κ3) is 4.12. The van der Waals surface area contributed by atoms with Gasteiger partial charge in [-0.2, -0.15) is 5.10 Å². The molecule has 3 aromatic rings. The second-order valence-electron chi connectivity index (χ2n) is 6.76. The van der Waals surface area contributed by atoms with Crippen molar-refractivity contribution in [3.05, 3.63) is 62.4 Å². The molecule has 1 N–H and O–H groups in total. The zero-order valence-corrected chi connectivity index (χ0v) is 17.4. The number of thiophene rings is 1. The van der Waals surface area contributed by atoms with Crippen molar-refractivity contribution in [1.29, 1.82) is 0 Å². The van der Waals surface area contributed by atoms with E-state index in [1.807, 2.05) is 41.8 Å². The Hall–Kier alpha value is -2.05. The molecule has 6 heteroatoms. The lowest BCUT2D eigenvalue weighted by Crippen LogP contribution is -2.20. The van der Waals surface area contributed by atoms with Gasteiger partial charge in [-0.25, -0.2) is 5.43 Å². The Morgan fingerprint density at radius 3 is 2.89 bits per heavy atom. The Morgan fingerprint density at radius 2 is 2.19 bits per heavy atom. The van der Waals surface area contributed by atoms with Crippen LogP contribution in [-0.4, -0.2) is 16.6 Å². The van der Waals surface area contributed by atoms with Crippen LogP contribution in [0.5, 0.6) is 0 Å². The van der Waals surface area contributed by atoms with Crippen molar-refractivity contribution in [3.8, 4) is 0 Å². The van der Waals surface area contributed by atoms with Crippen LogP contribution in [0, 0.1) is 0 Å². The molecule has 2 heterocycles.